The summed E-state index contributed by atoms with van der Waals surface area (Å²) in [6.45, 7) is 10.5. The Morgan fingerprint density at radius 3 is 0.990 bits per heavy atom. The second-order valence-electron chi connectivity index (χ2n) is 28.2. The van der Waals surface area contributed by atoms with E-state index in [4.69, 9.17) is 37.0 Å². The highest BCUT2D eigenvalue weighted by molar-refractivity contribution is 7.47. The van der Waals surface area contributed by atoms with Crippen molar-refractivity contribution in [3.05, 3.63) is 24.3 Å². The number of amides is 4. The van der Waals surface area contributed by atoms with E-state index in [-0.39, 0.29) is 77.1 Å². The van der Waals surface area contributed by atoms with Gasteiger partial charge in [0.1, 0.15) is 12.2 Å². The van der Waals surface area contributed by atoms with Gasteiger partial charge in [0.25, 0.3) is 0 Å². The van der Waals surface area contributed by atoms with Crippen molar-refractivity contribution in [2.24, 2.45) is 0 Å². The summed E-state index contributed by atoms with van der Waals surface area (Å²) in [5, 5.41) is 31.8. The maximum Gasteiger partial charge on any atom is 0.472 e. The van der Waals surface area contributed by atoms with E-state index >= 15 is 0 Å². The number of esters is 2. The number of allylic oxidation sites excluding steroid dienone is 4. The normalized spacial score (nSPS) is 14.7. The summed E-state index contributed by atoms with van der Waals surface area (Å²) >= 11 is 0. The smallest absolute Gasteiger partial charge is 0.462 e. The van der Waals surface area contributed by atoms with Crippen molar-refractivity contribution in [1.29, 1.82) is 0 Å². The molecule has 0 aromatic heterocycles. The minimum atomic E-state index is -4.79. The first-order valence-electron chi connectivity index (χ1n) is 41.4. The van der Waals surface area contributed by atoms with E-state index in [2.05, 4.69) is 87.1 Å². The quantitative estimate of drug-likeness (QED) is 0.0121. The van der Waals surface area contributed by atoms with Crippen molar-refractivity contribution in [1.82, 2.24) is 21.3 Å². The predicted molar refractivity (Wildman–Crippen MR) is 416 cm³/mol. The molecule has 0 fully saturated rings. The van der Waals surface area contributed by atoms with Crippen LogP contribution in [0.5, 0.6) is 0 Å². The second kappa shape index (κ2) is 72.5. The van der Waals surface area contributed by atoms with E-state index in [1.165, 1.54) is 70.6 Å². The summed E-state index contributed by atoms with van der Waals surface area (Å²) < 4.78 is 70.9. The number of aliphatic hydroxyl groups excluding tert-OH is 2. The number of rotatable bonds is 78. The van der Waals surface area contributed by atoms with Crippen LogP contribution in [0.1, 0.15) is 350 Å². The van der Waals surface area contributed by atoms with Gasteiger partial charge in [-0.2, -0.15) is 0 Å². The van der Waals surface area contributed by atoms with Crippen LogP contribution < -0.4 is 21.3 Å². The molecule has 0 heterocycles. The molecule has 8 N–H and O–H groups in total. The van der Waals surface area contributed by atoms with Crippen LogP contribution in [-0.2, 0) is 65.4 Å². The highest BCUT2D eigenvalue weighted by Crippen LogP contribution is 2.44. The summed E-state index contributed by atoms with van der Waals surface area (Å²) in [6, 6.07) is -2.66. The lowest BCUT2D eigenvalue weighted by atomic mass is 10.0. The van der Waals surface area contributed by atoms with Gasteiger partial charge in [0.2, 0.25) is 11.8 Å². The number of ether oxygens (including phenoxy) is 4. The third-order valence-electron chi connectivity index (χ3n) is 18.0. The van der Waals surface area contributed by atoms with Crippen molar-refractivity contribution < 1.29 is 90.1 Å². The first kappa shape index (κ1) is 101. The van der Waals surface area contributed by atoms with Crippen LogP contribution in [0.2, 0.25) is 0 Å². The summed E-state index contributed by atoms with van der Waals surface area (Å²) in [5.74, 6) is -1.69. The molecule has 5 unspecified atom stereocenters. The summed E-state index contributed by atoms with van der Waals surface area (Å²) in [6.07, 6.45) is 48.8. The predicted octanol–water partition coefficient (Wildman–Crippen LogP) is 18.1. The standard InChI is InChI=1S/C79H152N4O19P2/c1-7-13-19-25-28-31-34-40-46-52-74(102-78(89)54-48-42-36-33-30-27-21-15-9-3)64-76(87)83-70(66-96-60-56-72(85)50-44-38-23-17-11-5)68-100-104(93,94)98-62-58-81-79(90)80-57-61-97-103(91,92)99-67-69(65-95-59-55-71(84)49-43-37-22-16-10-4)82-75(86)63-73(51-45-39-24-18-12-6)101-77(88)53-47-41-35-32-29-26-20-14-8-2/h32-33,35-36,69-74,84-85H,7-31,34,37-68H2,1-6H3,(H,82,86)(H,83,87)(H,91,92)(H,93,94)(H2,80,81,90)/b35-32+,36-33+/t69?,70?,71-,72-,73-,74?/m1/s1. The van der Waals surface area contributed by atoms with Gasteiger partial charge in [-0.15, -0.1) is 0 Å². The molecule has 0 aromatic rings. The SMILES string of the molecule is CCCCCC/C=C/CCCC(=O)OC(CCCCCCCCCCC)CC(=O)NC(COCC[C@H](O)CCCCCCC)COP(=O)(O)OCCNC(=O)NCCOP(=O)(O)OCC(COCC[C@H](O)CCCCCCC)NC(=O)C[C@@H](CCCCCCC)OC(=O)CCC/C=C/CCCCCC. The van der Waals surface area contributed by atoms with Crippen molar-refractivity contribution in [2.45, 2.75) is 386 Å². The Labute approximate surface area is 630 Å². The lowest BCUT2D eigenvalue weighted by molar-refractivity contribution is -0.152. The number of carbonyl (C=O) groups is 5. The van der Waals surface area contributed by atoms with E-state index in [1.54, 1.807) is 0 Å². The van der Waals surface area contributed by atoms with Gasteiger partial charge in [0.05, 0.1) is 76.8 Å². The van der Waals surface area contributed by atoms with Crippen molar-refractivity contribution in [2.75, 3.05) is 65.9 Å². The monoisotopic (exact) mass is 1520 g/mol. The molecule has 612 valence electrons. The minimum absolute atomic E-state index is 0.133. The topological polar surface area (TPSA) is 322 Å². The zero-order chi connectivity index (χ0) is 76.7. The summed E-state index contributed by atoms with van der Waals surface area (Å²) in [4.78, 5) is 87.9. The van der Waals surface area contributed by atoms with Crippen LogP contribution in [0.3, 0.4) is 0 Å². The molecule has 104 heavy (non-hydrogen) atoms. The lowest BCUT2D eigenvalue weighted by Gasteiger charge is -2.23. The Bertz CT molecular complexity index is 2200. The summed E-state index contributed by atoms with van der Waals surface area (Å²) in [7, 11) is -9.58. The van der Waals surface area contributed by atoms with E-state index in [1.807, 2.05) is 0 Å². The van der Waals surface area contributed by atoms with Gasteiger partial charge in [-0.1, -0.05) is 246 Å². The second-order valence-corrected chi connectivity index (χ2v) is 31.1. The fourth-order valence-corrected chi connectivity index (χ4v) is 13.2. The number of hydrogen-bond acceptors (Lipinski definition) is 17. The molecule has 0 bridgehead atoms. The summed E-state index contributed by atoms with van der Waals surface area (Å²) in [5.41, 5.74) is 0. The van der Waals surface area contributed by atoms with Crippen molar-refractivity contribution in [3.8, 4) is 0 Å². The van der Waals surface area contributed by atoms with Gasteiger partial charge in [-0.3, -0.25) is 37.3 Å². The number of phosphoric ester groups is 2. The number of hydrogen-bond donors (Lipinski definition) is 8. The lowest BCUT2D eigenvalue weighted by Crippen LogP contribution is -2.43. The Morgan fingerprint density at radius 2 is 0.654 bits per heavy atom. The number of aliphatic hydroxyl groups is 2. The largest absolute Gasteiger partial charge is 0.472 e. The number of nitrogens with one attached hydrogen (secondary N) is 4. The van der Waals surface area contributed by atoms with Gasteiger partial charge in [0, 0.05) is 39.1 Å². The van der Waals surface area contributed by atoms with E-state index in [0.717, 1.165) is 161 Å². The number of urea groups is 1. The minimum Gasteiger partial charge on any atom is -0.462 e. The number of unbranched alkanes of at least 4 members (excludes halogenated alkanes) is 30. The van der Waals surface area contributed by atoms with Crippen LogP contribution >= 0.6 is 15.6 Å². The molecule has 8 atom stereocenters. The molecule has 0 spiro atoms. The molecule has 4 amide bonds. The van der Waals surface area contributed by atoms with E-state index in [9.17, 15) is 53.1 Å². The van der Waals surface area contributed by atoms with Gasteiger partial charge >= 0.3 is 33.6 Å². The van der Waals surface area contributed by atoms with Crippen LogP contribution in [0, 0.1) is 0 Å². The molecule has 0 aliphatic rings. The third-order valence-corrected chi connectivity index (χ3v) is 19.9. The zero-order valence-corrected chi connectivity index (χ0v) is 67.9. The first-order valence-corrected chi connectivity index (χ1v) is 44.4. The van der Waals surface area contributed by atoms with Crippen LogP contribution in [-0.4, -0.2) is 152 Å². The molecule has 0 rings (SSSR count). The highest BCUT2D eigenvalue weighted by Gasteiger charge is 2.29. The molecule has 23 nitrogen and oxygen atoms in total. The zero-order valence-electron chi connectivity index (χ0n) is 66.1. The first-order chi connectivity index (χ1) is 50.3. The molecule has 0 saturated carbocycles. The van der Waals surface area contributed by atoms with Gasteiger partial charge in [-0.05, 0) is 103 Å². The maximum atomic E-state index is 13.8. The average Bonchev–Trinajstić information content (AvgIpc) is 0.918. The molecular formula is C79H152N4O19P2. The van der Waals surface area contributed by atoms with Crippen LogP contribution in [0.25, 0.3) is 0 Å². The van der Waals surface area contributed by atoms with Gasteiger partial charge in [0.15, 0.2) is 0 Å². The number of phosphoric acid groups is 2. The van der Waals surface area contributed by atoms with Crippen LogP contribution in [0.4, 0.5) is 4.79 Å². The molecule has 0 aliphatic carbocycles. The molecular weight excluding hydrogens is 1370 g/mol. The molecule has 0 saturated heterocycles. The fraction of sp³-hybridized carbons (Fsp3) is 0.886. The molecule has 0 aliphatic heterocycles. The number of carbonyl (C=O) groups excluding carboxylic acids is 5. The maximum absolute atomic E-state index is 13.8. The Hall–Kier alpha value is -3.31. The van der Waals surface area contributed by atoms with Crippen LogP contribution in [0.15, 0.2) is 24.3 Å². The molecule has 25 heteroatoms. The third kappa shape index (κ3) is 69.2. The highest BCUT2D eigenvalue weighted by atomic mass is 31.2. The Kier molecular flexibility index (Phi) is 70.2. The van der Waals surface area contributed by atoms with Crippen molar-refractivity contribution >= 4 is 45.4 Å². The van der Waals surface area contributed by atoms with Gasteiger partial charge in [-0.25, -0.2) is 13.9 Å². The fourth-order valence-electron chi connectivity index (χ4n) is 11.7. The van der Waals surface area contributed by atoms with E-state index in [0.29, 0.717) is 51.4 Å². The molecule has 0 radical (unpaired) electrons. The van der Waals surface area contributed by atoms with Crippen molar-refractivity contribution in [3.63, 3.8) is 0 Å². The Balaban J connectivity index is 5.76. The average molecular weight is 1520 g/mol. The van der Waals surface area contributed by atoms with E-state index < -0.39 is 96.4 Å². The molecule has 0 aromatic carbocycles. The van der Waals surface area contributed by atoms with Gasteiger partial charge < -0.3 is 60.2 Å². The Morgan fingerprint density at radius 1 is 0.356 bits per heavy atom.